The Kier molecular flexibility index (Phi) is 5.22. The van der Waals surface area contributed by atoms with E-state index in [-0.39, 0.29) is 17.8 Å². The number of hydrogen-bond donors (Lipinski definition) is 2. The minimum absolute atomic E-state index is 0.198. The number of halogens is 1. The van der Waals surface area contributed by atoms with Crippen molar-refractivity contribution < 1.29 is 13.9 Å². The molecule has 3 rings (SSSR count). The van der Waals surface area contributed by atoms with Gasteiger partial charge in [-0.1, -0.05) is 0 Å². The maximum absolute atomic E-state index is 13.0. The number of rotatable bonds is 5. The third kappa shape index (κ3) is 3.98. The molecule has 2 aromatic rings. The van der Waals surface area contributed by atoms with Gasteiger partial charge in [-0.05, 0) is 37.3 Å². The normalized spacial score (nSPS) is 16.8. The molecule has 1 aromatic carbocycles. The van der Waals surface area contributed by atoms with E-state index in [9.17, 15) is 9.18 Å². The van der Waals surface area contributed by atoms with Crippen molar-refractivity contribution in [3.63, 3.8) is 0 Å². The smallest absolute Gasteiger partial charge is 0.269 e. The number of aromatic nitrogens is 2. The molecule has 1 aromatic heterocycles. The number of nitrogens with zero attached hydrogens (tertiary/aromatic N) is 2. The van der Waals surface area contributed by atoms with Gasteiger partial charge in [0.15, 0.2) is 0 Å². The van der Waals surface area contributed by atoms with Gasteiger partial charge < -0.3 is 10.1 Å². The molecule has 1 saturated heterocycles. The van der Waals surface area contributed by atoms with Gasteiger partial charge in [0.05, 0.1) is 18.9 Å². The molecular formula is C17H21FN4O2. The van der Waals surface area contributed by atoms with Crippen molar-refractivity contribution in [3.05, 3.63) is 41.8 Å². The number of ether oxygens (including phenoxy) is 1. The Labute approximate surface area is 140 Å². The van der Waals surface area contributed by atoms with Gasteiger partial charge in [0, 0.05) is 31.2 Å². The molecule has 24 heavy (non-hydrogen) atoms. The molecule has 0 bridgehead atoms. The predicted octanol–water partition coefficient (Wildman–Crippen LogP) is 1.67. The number of aromatic amines is 1. The summed E-state index contributed by atoms with van der Waals surface area (Å²) >= 11 is 0. The first-order chi connectivity index (χ1) is 11.6. The number of amides is 1. The molecule has 0 saturated carbocycles. The first kappa shape index (κ1) is 16.6. The summed E-state index contributed by atoms with van der Waals surface area (Å²) in [6, 6.07) is 7.92. The topological polar surface area (TPSA) is 70.2 Å². The summed E-state index contributed by atoms with van der Waals surface area (Å²) in [4.78, 5) is 14.5. The van der Waals surface area contributed by atoms with Crippen LogP contribution in [0.4, 0.5) is 4.39 Å². The van der Waals surface area contributed by atoms with Crippen LogP contribution in [0.2, 0.25) is 0 Å². The van der Waals surface area contributed by atoms with E-state index in [1.54, 1.807) is 18.2 Å². The highest BCUT2D eigenvalue weighted by Gasteiger charge is 2.18. The summed E-state index contributed by atoms with van der Waals surface area (Å²) in [5, 5.41) is 9.77. The summed E-state index contributed by atoms with van der Waals surface area (Å²) in [5.41, 5.74) is 1.76. The number of benzene rings is 1. The van der Waals surface area contributed by atoms with Crippen molar-refractivity contribution in [2.24, 2.45) is 0 Å². The van der Waals surface area contributed by atoms with Crippen LogP contribution in [-0.2, 0) is 4.74 Å². The largest absolute Gasteiger partial charge is 0.379 e. The van der Waals surface area contributed by atoms with Crippen molar-refractivity contribution in [2.75, 3.05) is 32.8 Å². The van der Waals surface area contributed by atoms with Crippen molar-refractivity contribution >= 4 is 5.91 Å². The second-order valence-electron chi connectivity index (χ2n) is 5.88. The quantitative estimate of drug-likeness (QED) is 0.874. The number of hydrogen-bond acceptors (Lipinski definition) is 4. The van der Waals surface area contributed by atoms with Gasteiger partial charge in [0.1, 0.15) is 11.5 Å². The average molecular weight is 332 g/mol. The lowest BCUT2D eigenvalue weighted by Gasteiger charge is -2.32. The van der Waals surface area contributed by atoms with Crippen molar-refractivity contribution in [1.29, 1.82) is 0 Å². The number of carbonyl (C=O) groups excluding carboxylic acids is 1. The minimum Gasteiger partial charge on any atom is -0.379 e. The number of nitrogens with one attached hydrogen (secondary N) is 2. The molecule has 1 atom stereocenters. The monoisotopic (exact) mass is 332 g/mol. The standard InChI is InChI=1S/C17H21FN4O2/c1-12(22-6-8-24-9-7-22)11-19-17(23)16-10-15(20-21-16)13-2-4-14(18)5-3-13/h2-5,10,12H,6-9,11H2,1H3,(H,19,23)(H,20,21)/t12-/m1/s1. The molecule has 1 amide bonds. The molecule has 7 heteroatoms. The van der Waals surface area contributed by atoms with Crippen LogP contribution >= 0.6 is 0 Å². The van der Waals surface area contributed by atoms with Gasteiger partial charge in [0.2, 0.25) is 0 Å². The van der Waals surface area contributed by atoms with Crippen LogP contribution in [0.1, 0.15) is 17.4 Å². The zero-order valence-electron chi connectivity index (χ0n) is 13.6. The molecule has 1 aliphatic rings. The maximum Gasteiger partial charge on any atom is 0.269 e. The van der Waals surface area contributed by atoms with E-state index in [4.69, 9.17) is 4.74 Å². The fourth-order valence-corrected chi connectivity index (χ4v) is 2.69. The summed E-state index contributed by atoms with van der Waals surface area (Å²) in [7, 11) is 0. The molecule has 1 fully saturated rings. The summed E-state index contributed by atoms with van der Waals surface area (Å²) < 4.78 is 18.3. The zero-order chi connectivity index (χ0) is 16.9. The van der Waals surface area contributed by atoms with Gasteiger partial charge in [-0.15, -0.1) is 0 Å². The van der Waals surface area contributed by atoms with Crippen LogP contribution in [0.15, 0.2) is 30.3 Å². The van der Waals surface area contributed by atoms with E-state index < -0.39 is 0 Å². The Morgan fingerprint density at radius 1 is 1.38 bits per heavy atom. The van der Waals surface area contributed by atoms with E-state index in [1.807, 2.05) is 0 Å². The molecular weight excluding hydrogens is 311 g/mol. The Bertz CT molecular complexity index is 680. The van der Waals surface area contributed by atoms with E-state index in [1.165, 1.54) is 12.1 Å². The second-order valence-corrected chi connectivity index (χ2v) is 5.88. The van der Waals surface area contributed by atoms with E-state index in [2.05, 4.69) is 27.3 Å². The number of morpholine rings is 1. The van der Waals surface area contributed by atoms with Gasteiger partial charge in [-0.2, -0.15) is 5.10 Å². The molecule has 0 unspecified atom stereocenters. The molecule has 0 spiro atoms. The van der Waals surface area contributed by atoms with Crippen LogP contribution in [-0.4, -0.2) is 59.9 Å². The lowest BCUT2D eigenvalue weighted by Crippen LogP contribution is -2.47. The first-order valence-corrected chi connectivity index (χ1v) is 8.05. The summed E-state index contributed by atoms with van der Waals surface area (Å²) in [6.07, 6.45) is 0. The first-order valence-electron chi connectivity index (χ1n) is 8.05. The van der Waals surface area contributed by atoms with Gasteiger partial charge in [0.25, 0.3) is 5.91 Å². The highest BCUT2D eigenvalue weighted by Crippen LogP contribution is 2.18. The fraction of sp³-hybridized carbons (Fsp3) is 0.412. The number of H-pyrrole nitrogens is 1. The average Bonchev–Trinajstić information content (AvgIpc) is 3.11. The Hall–Kier alpha value is -2.25. The third-order valence-electron chi connectivity index (χ3n) is 4.19. The van der Waals surface area contributed by atoms with E-state index in [0.717, 1.165) is 31.9 Å². The van der Waals surface area contributed by atoms with Crippen LogP contribution in [0.5, 0.6) is 0 Å². The molecule has 0 radical (unpaired) electrons. The minimum atomic E-state index is -0.302. The van der Waals surface area contributed by atoms with Crippen molar-refractivity contribution in [1.82, 2.24) is 20.4 Å². The SMILES string of the molecule is C[C@H](CNC(=O)c1cc(-c2ccc(F)cc2)n[nH]1)N1CCOCC1. The zero-order valence-corrected chi connectivity index (χ0v) is 13.6. The van der Waals surface area contributed by atoms with Crippen LogP contribution in [0.25, 0.3) is 11.3 Å². The Morgan fingerprint density at radius 3 is 2.79 bits per heavy atom. The Morgan fingerprint density at radius 2 is 2.08 bits per heavy atom. The van der Waals surface area contributed by atoms with Gasteiger partial charge in [-0.25, -0.2) is 4.39 Å². The Balaban J connectivity index is 1.56. The molecule has 6 nitrogen and oxygen atoms in total. The van der Waals surface area contributed by atoms with Crippen LogP contribution in [0.3, 0.4) is 0 Å². The highest BCUT2D eigenvalue weighted by atomic mass is 19.1. The fourth-order valence-electron chi connectivity index (χ4n) is 2.69. The lowest BCUT2D eigenvalue weighted by atomic mass is 10.1. The summed E-state index contributed by atoms with van der Waals surface area (Å²) in [6.45, 7) is 5.89. The van der Waals surface area contributed by atoms with Gasteiger partial charge >= 0.3 is 0 Å². The lowest BCUT2D eigenvalue weighted by molar-refractivity contribution is 0.0204. The molecule has 128 valence electrons. The number of carbonyl (C=O) groups is 1. The highest BCUT2D eigenvalue weighted by molar-refractivity contribution is 5.93. The van der Waals surface area contributed by atoms with Crippen LogP contribution < -0.4 is 5.32 Å². The van der Waals surface area contributed by atoms with E-state index in [0.29, 0.717) is 17.9 Å². The third-order valence-corrected chi connectivity index (χ3v) is 4.19. The van der Waals surface area contributed by atoms with Crippen molar-refractivity contribution in [3.8, 4) is 11.3 Å². The molecule has 2 N–H and O–H groups in total. The molecule has 0 aliphatic carbocycles. The van der Waals surface area contributed by atoms with Crippen molar-refractivity contribution in [2.45, 2.75) is 13.0 Å². The van der Waals surface area contributed by atoms with Crippen LogP contribution in [0, 0.1) is 5.82 Å². The van der Waals surface area contributed by atoms with Gasteiger partial charge in [-0.3, -0.25) is 14.8 Å². The van der Waals surface area contributed by atoms with E-state index >= 15 is 0 Å². The predicted molar refractivity (Wildman–Crippen MR) is 88.2 cm³/mol. The summed E-state index contributed by atoms with van der Waals surface area (Å²) in [5.74, 6) is -0.500. The maximum atomic E-state index is 13.0. The second kappa shape index (κ2) is 7.55. The molecule has 2 heterocycles. The molecule has 1 aliphatic heterocycles.